The average Bonchev–Trinajstić information content (AvgIpc) is 3.41. The number of pyridine rings is 1. The Bertz CT molecular complexity index is 1170. The molecule has 2 aromatic carbocycles. The van der Waals surface area contributed by atoms with Crippen molar-refractivity contribution in [2.24, 2.45) is 10.7 Å². The van der Waals surface area contributed by atoms with E-state index in [2.05, 4.69) is 4.98 Å². The predicted molar refractivity (Wildman–Crippen MR) is 110 cm³/mol. The number of aromatic nitrogens is 1. The number of fused-ring (bicyclic) bond motifs is 1. The molecule has 142 valence electrons. The summed E-state index contributed by atoms with van der Waals surface area (Å²) in [6.07, 6.45) is 2.40. The Morgan fingerprint density at radius 1 is 0.931 bits per heavy atom. The number of allylic oxidation sites excluding steroid dienone is 1. The van der Waals surface area contributed by atoms with Gasteiger partial charge in [0.05, 0.1) is 17.1 Å². The summed E-state index contributed by atoms with van der Waals surface area (Å²) in [5, 5.41) is 0. The third kappa shape index (κ3) is 3.14. The van der Waals surface area contributed by atoms with E-state index in [0.29, 0.717) is 12.0 Å². The zero-order valence-corrected chi connectivity index (χ0v) is 15.5. The summed E-state index contributed by atoms with van der Waals surface area (Å²) in [5.74, 6) is 1.03. The molecule has 1 aromatic heterocycles. The van der Waals surface area contributed by atoms with Gasteiger partial charge in [-0.15, -0.1) is 0 Å². The molecule has 0 bridgehead atoms. The molecular weight excluding hydrogens is 366 g/mol. The van der Waals surface area contributed by atoms with Crippen molar-refractivity contribution in [2.45, 2.75) is 6.42 Å². The zero-order valence-electron chi connectivity index (χ0n) is 15.5. The van der Waals surface area contributed by atoms with Gasteiger partial charge >= 0.3 is 0 Å². The summed E-state index contributed by atoms with van der Waals surface area (Å²) < 4.78 is 11.0. The Hall–Kier alpha value is -3.93. The van der Waals surface area contributed by atoms with E-state index in [-0.39, 0.29) is 6.79 Å². The van der Waals surface area contributed by atoms with Crippen LogP contribution in [0.15, 0.2) is 71.9 Å². The average molecular weight is 383 g/mol. The number of carbonyl (C=O) groups excluding carboxylic acids is 1. The highest BCUT2D eigenvalue weighted by molar-refractivity contribution is 6.16. The maximum atomic E-state index is 11.4. The molecule has 0 unspecified atom stereocenters. The Balaban J connectivity index is 1.56. The number of rotatable bonds is 4. The van der Waals surface area contributed by atoms with Crippen LogP contribution in [0.3, 0.4) is 0 Å². The van der Waals surface area contributed by atoms with Crippen LogP contribution in [-0.2, 0) is 0 Å². The van der Waals surface area contributed by atoms with Gasteiger partial charge in [-0.2, -0.15) is 0 Å². The molecule has 2 aliphatic heterocycles. The second-order valence-corrected chi connectivity index (χ2v) is 6.79. The number of hydrogen-bond donors (Lipinski definition) is 1. The Morgan fingerprint density at radius 3 is 2.48 bits per heavy atom. The molecule has 3 aromatic rings. The first-order chi connectivity index (χ1) is 14.2. The quantitative estimate of drug-likeness (QED) is 0.745. The highest BCUT2D eigenvalue weighted by Gasteiger charge is 2.24. The van der Waals surface area contributed by atoms with Gasteiger partial charge < -0.3 is 15.2 Å². The fourth-order valence-electron chi connectivity index (χ4n) is 3.52. The molecule has 6 heteroatoms. The number of primary amides is 1. The smallest absolute Gasteiger partial charge is 0.248 e. The van der Waals surface area contributed by atoms with Gasteiger partial charge in [0.25, 0.3) is 0 Å². The SMILES string of the molecule is NC(=O)c1ccc(C2=NC(c3ccccn3)=C(c3ccc4c(c3)OCO4)C2)cc1. The van der Waals surface area contributed by atoms with Crippen molar-refractivity contribution in [1.29, 1.82) is 0 Å². The van der Waals surface area contributed by atoms with Crippen molar-refractivity contribution >= 4 is 22.9 Å². The lowest BCUT2D eigenvalue weighted by atomic mass is 9.96. The lowest BCUT2D eigenvalue weighted by Crippen LogP contribution is -2.11. The number of benzene rings is 2. The van der Waals surface area contributed by atoms with Gasteiger partial charge in [0, 0.05) is 18.2 Å². The highest BCUT2D eigenvalue weighted by Crippen LogP contribution is 2.40. The zero-order chi connectivity index (χ0) is 19.8. The summed E-state index contributed by atoms with van der Waals surface area (Å²) in [7, 11) is 0. The summed E-state index contributed by atoms with van der Waals surface area (Å²) in [4.78, 5) is 20.7. The fourth-order valence-corrected chi connectivity index (χ4v) is 3.52. The van der Waals surface area contributed by atoms with E-state index in [0.717, 1.165) is 45.3 Å². The first-order valence-corrected chi connectivity index (χ1v) is 9.21. The predicted octanol–water partition coefficient (Wildman–Crippen LogP) is 3.67. The monoisotopic (exact) mass is 383 g/mol. The molecule has 3 heterocycles. The molecule has 5 rings (SSSR count). The molecule has 0 saturated carbocycles. The van der Waals surface area contributed by atoms with Crippen LogP contribution in [0.1, 0.15) is 33.6 Å². The Kier molecular flexibility index (Phi) is 4.09. The summed E-state index contributed by atoms with van der Waals surface area (Å²) in [6.45, 7) is 0.235. The minimum atomic E-state index is -0.446. The maximum absolute atomic E-state index is 11.4. The number of hydrogen-bond acceptors (Lipinski definition) is 5. The number of amides is 1. The summed E-state index contributed by atoms with van der Waals surface area (Å²) in [6, 6.07) is 18.9. The van der Waals surface area contributed by atoms with Crippen LogP contribution in [0.25, 0.3) is 11.3 Å². The third-order valence-electron chi connectivity index (χ3n) is 5.01. The van der Waals surface area contributed by atoms with E-state index >= 15 is 0 Å². The van der Waals surface area contributed by atoms with E-state index < -0.39 is 5.91 Å². The van der Waals surface area contributed by atoms with E-state index in [1.807, 2.05) is 48.5 Å². The lowest BCUT2D eigenvalue weighted by molar-refractivity contribution is 0.100. The normalized spacial score (nSPS) is 14.8. The van der Waals surface area contributed by atoms with Crippen molar-refractivity contribution in [2.75, 3.05) is 6.79 Å². The van der Waals surface area contributed by atoms with Crippen LogP contribution < -0.4 is 15.2 Å². The van der Waals surface area contributed by atoms with Crippen molar-refractivity contribution in [3.05, 3.63) is 89.2 Å². The molecule has 29 heavy (non-hydrogen) atoms. The lowest BCUT2D eigenvalue weighted by Gasteiger charge is -2.08. The molecule has 6 nitrogen and oxygen atoms in total. The van der Waals surface area contributed by atoms with E-state index in [1.165, 1.54) is 0 Å². The van der Waals surface area contributed by atoms with Crippen LogP contribution >= 0.6 is 0 Å². The maximum Gasteiger partial charge on any atom is 0.248 e. The number of ether oxygens (including phenoxy) is 2. The number of aliphatic imine (C=N–C) groups is 1. The molecule has 0 spiro atoms. The summed E-state index contributed by atoms with van der Waals surface area (Å²) >= 11 is 0. The fraction of sp³-hybridized carbons (Fsp3) is 0.0870. The number of nitrogens with two attached hydrogens (primary N) is 1. The van der Waals surface area contributed by atoms with Crippen molar-refractivity contribution < 1.29 is 14.3 Å². The van der Waals surface area contributed by atoms with Gasteiger partial charge in [-0.3, -0.25) is 9.78 Å². The van der Waals surface area contributed by atoms with Gasteiger partial charge in [0.1, 0.15) is 0 Å². The first kappa shape index (κ1) is 17.2. The molecule has 2 N–H and O–H groups in total. The Morgan fingerprint density at radius 2 is 1.72 bits per heavy atom. The number of carbonyl (C=O) groups is 1. The van der Waals surface area contributed by atoms with Gasteiger partial charge in [0.2, 0.25) is 12.7 Å². The second-order valence-electron chi connectivity index (χ2n) is 6.79. The molecule has 0 fully saturated rings. The molecule has 0 saturated heterocycles. The minimum absolute atomic E-state index is 0.235. The van der Waals surface area contributed by atoms with Crippen molar-refractivity contribution in [3.8, 4) is 11.5 Å². The van der Waals surface area contributed by atoms with Crippen LogP contribution in [0.5, 0.6) is 11.5 Å². The Labute approximate surface area is 167 Å². The third-order valence-corrected chi connectivity index (χ3v) is 5.01. The standard InChI is InChI=1S/C23H17N3O3/c24-23(27)15-6-4-14(5-7-15)19-12-17(22(26-19)18-3-1-2-10-25-18)16-8-9-20-21(11-16)29-13-28-20/h1-11H,12-13H2,(H2,24,27). The van der Waals surface area contributed by atoms with E-state index in [4.69, 9.17) is 20.2 Å². The molecule has 0 aliphatic carbocycles. The van der Waals surface area contributed by atoms with Crippen LogP contribution in [0, 0.1) is 0 Å². The second kappa shape index (κ2) is 6.91. The van der Waals surface area contributed by atoms with Gasteiger partial charge in [0.15, 0.2) is 11.5 Å². The van der Waals surface area contributed by atoms with Crippen molar-refractivity contribution in [1.82, 2.24) is 4.98 Å². The van der Waals surface area contributed by atoms with Gasteiger partial charge in [-0.05, 0) is 53.1 Å². The van der Waals surface area contributed by atoms with Crippen LogP contribution in [0.2, 0.25) is 0 Å². The van der Waals surface area contributed by atoms with Crippen LogP contribution in [-0.4, -0.2) is 23.4 Å². The van der Waals surface area contributed by atoms with Gasteiger partial charge in [-0.25, -0.2) is 4.99 Å². The van der Waals surface area contributed by atoms with Gasteiger partial charge in [-0.1, -0.05) is 24.3 Å². The summed E-state index contributed by atoms with van der Waals surface area (Å²) in [5.41, 5.74) is 11.4. The molecule has 0 atom stereocenters. The molecular formula is C23H17N3O3. The highest BCUT2D eigenvalue weighted by atomic mass is 16.7. The van der Waals surface area contributed by atoms with Crippen LogP contribution in [0.4, 0.5) is 0 Å². The van der Waals surface area contributed by atoms with E-state index in [9.17, 15) is 4.79 Å². The number of nitrogens with zero attached hydrogens (tertiary/aromatic N) is 2. The van der Waals surface area contributed by atoms with E-state index in [1.54, 1.807) is 18.3 Å². The first-order valence-electron chi connectivity index (χ1n) is 9.21. The largest absolute Gasteiger partial charge is 0.454 e. The van der Waals surface area contributed by atoms with Crippen molar-refractivity contribution in [3.63, 3.8) is 0 Å². The minimum Gasteiger partial charge on any atom is -0.454 e. The molecule has 2 aliphatic rings. The topological polar surface area (TPSA) is 86.8 Å². The molecule has 0 radical (unpaired) electrons. The molecule has 1 amide bonds.